The number of hydrogen-bond acceptors (Lipinski definition) is 3. The first-order valence-corrected chi connectivity index (χ1v) is 4.73. The lowest BCUT2D eigenvalue weighted by Gasteiger charge is -2.32. The van der Waals surface area contributed by atoms with Gasteiger partial charge in [-0.3, -0.25) is 0 Å². The smallest absolute Gasteiger partial charge is 0.0698 e. The van der Waals surface area contributed by atoms with E-state index in [4.69, 9.17) is 9.84 Å². The van der Waals surface area contributed by atoms with Crippen molar-refractivity contribution in [2.75, 3.05) is 33.4 Å². The molecule has 1 heterocycles. The van der Waals surface area contributed by atoms with Gasteiger partial charge in [0.2, 0.25) is 0 Å². The molecule has 1 atom stereocenters. The average Bonchev–Trinajstić information content (AvgIpc) is 2.09. The predicted octanol–water partition coefficient (Wildman–Crippen LogP) is 0.480. The van der Waals surface area contributed by atoms with Crippen molar-refractivity contribution in [1.82, 2.24) is 4.90 Å². The molecule has 1 fully saturated rings. The van der Waals surface area contributed by atoms with Gasteiger partial charge in [-0.05, 0) is 26.4 Å². The quantitative estimate of drug-likeness (QED) is 0.628. The molecule has 1 aliphatic heterocycles. The molecular formula is C9H19NO2. The van der Waals surface area contributed by atoms with Crippen LogP contribution in [0.25, 0.3) is 0 Å². The van der Waals surface area contributed by atoms with Crippen molar-refractivity contribution in [2.45, 2.75) is 25.3 Å². The molecule has 1 saturated heterocycles. The lowest BCUT2D eigenvalue weighted by molar-refractivity contribution is 0.0353. The summed E-state index contributed by atoms with van der Waals surface area (Å²) in [5.74, 6) is 0. The summed E-state index contributed by atoms with van der Waals surface area (Å²) in [6.07, 6.45) is 3.87. The number of likely N-dealkylation sites (N-methyl/N-ethyl adjacent to an activating group) is 1. The van der Waals surface area contributed by atoms with Crippen molar-refractivity contribution in [3.63, 3.8) is 0 Å². The van der Waals surface area contributed by atoms with E-state index in [1.54, 1.807) is 0 Å². The first-order chi connectivity index (χ1) is 5.84. The summed E-state index contributed by atoms with van der Waals surface area (Å²) in [5, 5.41) is 8.52. The molecule has 1 N–H and O–H groups in total. The van der Waals surface area contributed by atoms with Crippen LogP contribution in [-0.2, 0) is 4.74 Å². The zero-order valence-corrected chi connectivity index (χ0v) is 7.83. The fourth-order valence-electron chi connectivity index (χ4n) is 1.64. The second kappa shape index (κ2) is 5.51. The van der Waals surface area contributed by atoms with Gasteiger partial charge in [0.25, 0.3) is 0 Å². The number of likely N-dealkylation sites (tertiary alicyclic amines) is 1. The van der Waals surface area contributed by atoms with Crippen LogP contribution in [-0.4, -0.2) is 49.5 Å². The highest BCUT2D eigenvalue weighted by Crippen LogP contribution is 2.14. The van der Waals surface area contributed by atoms with Crippen molar-refractivity contribution in [1.29, 1.82) is 0 Å². The summed E-state index contributed by atoms with van der Waals surface area (Å²) in [6, 6.07) is 0.574. The second-order valence-electron chi connectivity index (χ2n) is 3.43. The molecule has 0 aromatic carbocycles. The maximum Gasteiger partial charge on any atom is 0.0698 e. The molecule has 1 rings (SSSR count). The fraction of sp³-hybridized carbons (Fsp3) is 1.00. The molecule has 3 nitrogen and oxygen atoms in total. The van der Waals surface area contributed by atoms with Gasteiger partial charge in [-0.2, -0.15) is 0 Å². The number of nitrogens with zero attached hydrogens (tertiary/aromatic N) is 1. The summed E-state index contributed by atoms with van der Waals surface area (Å²) in [4.78, 5) is 2.35. The minimum absolute atomic E-state index is 0.135. The Hall–Kier alpha value is -0.120. The van der Waals surface area contributed by atoms with E-state index in [1.807, 2.05) is 0 Å². The molecule has 0 bridgehead atoms. The largest absolute Gasteiger partial charge is 0.394 e. The maximum absolute atomic E-state index is 8.52. The Morgan fingerprint density at radius 3 is 3.00 bits per heavy atom. The van der Waals surface area contributed by atoms with Gasteiger partial charge in [0, 0.05) is 6.04 Å². The van der Waals surface area contributed by atoms with Gasteiger partial charge >= 0.3 is 0 Å². The summed E-state index contributed by atoms with van der Waals surface area (Å²) >= 11 is 0. The molecule has 72 valence electrons. The number of hydrogen-bond donors (Lipinski definition) is 1. The van der Waals surface area contributed by atoms with Crippen LogP contribution in [0.2, 0.25) is 0 Å². The Morgan fingerprint density at radius 2 is 2.33 bits per heavy atom. The van der Waals surface area contributed by atoms with Crippen LogP contribution in [0.5, 0.6) is 0 Å². The maximum atomic E-state index is 8.52. The van der Waals surface area contributed by atoms with Crippen LogP contribution >= 0.6 is 0 Å². The Kier molecular flexibility index (Phi) is 4.58. The standard InChI is InChI=1S/C9H19NO2/c1-10-5-3-2-4-9(10)8-12-7-6-11/h9,11H,2-8H2,1H3/t9-/m0/s1. The summed E-state index contributed by atoms with van der Waals surface area (Å²) in [6.45, 7) is 2.57. The SMILES string of the molecule is CN1CCCC[C@H]1COCCO. The molecular weight excluding hydrogens is 154 g/mol. The number of piperidine rings is 1. The molecule has 1 aliphatic rings. The molecule has 0 aliphatic carbocycles. The molecule has 0 spiro atoms. The predicted molar refractivity (Wildman–Crippen MR) is 48.2 cm³/mol. The van der Waals surface area contributed by atoms with E-state index in [-0.39, 0.29) is 6.61 Å². The van der Waals surface area contributed by atoms with Crippen LogP contribution in [0.4, 0.5) is 0 Å². The lowest BCUT2D eigenvalue weighted by atomic mass is 10.0. The van der Waals surface area contributed by atoms with Gasteiger partial charge in [0.05, 0.1) is 19.8 Å². The topological polar surface area (TPSA) is 32.7 Å². The van der Waals surface area contributed by atoms with E-state index in [0.29, 0.717) is 12.6 Å². The molecule has 0 amide bonds. The summed E-state index contributed by atoms with van der Waals surface area (Å²) < 4.78 is 5.30. The molecule has 0 unspecified atom stereocenters. The summed E-state index contributed by atoms with van der Waals surface area (Å²) in [5.41, 5.74) is 0. The van der Waals surface area contributed by atoms with Gasteiger partial charge in [-0.1, -0.05) is 6.42 Å². The van der Waals surface area contributed by atoms with E-state index in [0.717, 1.165) is 6.61 Å². The Morgan fingerprint density at radius 1 is 1.50 bits per heavy atom. The number of aliphatic hydroxyl groups excluding tert-OH is 1. The van der Waals surface area contributed by atoms with Gasteiger partial charge in [0.15, 0.2) is 0 Å². The van der Waals surface area contributed by atoms with Crippen LogP contribution in [0.15, 0.2) is 0 Å². The Labute approximate surface area is 74.3 Å². The monoisotopic (exact) mass is 173 g/mol. The molecule has 12 heavy (non-hydrogen) atoms. The van der Waals surface area contributed by atoms with Crippen LogP contribution in [0.3, 0.4) is 0 Å². The van der Waals surface area contributed by atoms with Gasteiger partial charge in [0.1, 0.15) is 0 Å². The number of rotatable bonds is 4. The zero-order chi connectivity index (χ0) is 8.81. The summed E-state index contributed by atoms with van der Waals surface area (Å²) in [7, 11) is 2.14. The van der Waals surface area contributed by atoms with E-state index in [2.05, 4.69) is 11.9 Å². The molecule has 0 saturated carbocycles. The van der Waals surface area contributed by atoms with Crippen molar-refractivity contribution in [2.24, 2.45) is 0 Å². The lowest BCUT2D eigenvalue weighted by Crippen LogP contribution is -2.39. The third-order valence-electron chi connectivity index (χ3n) is 2.47. The minimum Gasteiger partial charge on any atom is -0.394 e. The van der Waals surface area contributed by atoms with E-state index in [1.165, 1.54) is 25.8 Å². The highest BCUT2D eigenvalue weighted by molar-refractivity contribution is 4.73. The van der Waals surface area contributed by atoms with E-state index >= 15 is 0 Å². The highest BCUT2D eigenvalue weighted by Gasteiger charge is 2.18. The normalized spacial score (nSPS) is 26.0. The molecule has 0 aromatic rings. The first-order valence-electron chi connectivity index (χ1n) is 4.73. The van der Waals surface area contributed by atoms with E-state index < -0.39 is 0 Å². The number of ether oxygens (including phenoxy) is 1. The third kappa shape index (κ3) is 3.09. The fourth-order valence-corrected chi connectivity index (χ4v) is 1.64. The molecule has 0 radical (unpaired) electrons. The van der Waals surface area contributed by atoms with Crippen molar-refractivity contribution >= 4 is 0 Å². The second-order valence-corrected chi connectivity index (χ2v) is 3.43. The third-order valence-corrected chi connectivity index (χ3v) is 2.47. The first kappa shape index (κ1) is 9.96. The van der Waals surface area contributed by atoms with Crippen LogP contribution in [0.1, 0.15) is 19.3 Å². The molecule has 0 aromatic heterocycles. The van der Waals surface area contributed by atoms with Crippen molar-refractivity contribution in [3.8, 4) is 0 Å². The Bertz CT molecular complexity index is 119. The van der Waals surface area contributed by atoms with Gasteiger partial charge in [-0.25, -0.2) is 0 Å². The highest BCUT2D eigenvalue weighted by atomic mass is 16.5. The Balaban J connectivity index is 2.11. The van der Waals surface area contributed by atoms with Crippen LogP contribution in [0, 0.1) is 0 Å². The average molecular weight is 173 g/mol. The number of aliphatic hydroxyl groups is 1. The van der Waals surface area contributed by atoms with Gasteiger partial charge in [-0.15, -0.1) is 0 Å². The van der Waals surface area contributed by atoms with E-state index in [9.17, 15) is 0 Å². The zero-order valence-electron chi connectivity index (χ0n) is 7.83. The van der Waals surface area contributed by atoms with Crippen molar-refractivity contribution < 1.29 is 9.84 Å². The van der Waals surface area contributed by atoms with Crippen LogP contribution < -0.4 is 0 Å². The van der Waals surface area contributed by atoms with Crippen molar-refractivity contribution in [3.05, 3.63) is 0 Å². The minimum atomic E-state index is 0.135. The van der Waals surface area contributed by atoms with Gasteiger partial charge < -0.3 is 14.7 Å². The molecule has 3 heteroatoms.